The van der Waals surface area contributed by atoms with E-state index in [1.54, 1.807) is 17.0 Å². The van der Waals surface area contributed by atoms with Gasteiger partial charge < -0.3 is 10.2 Å². The van der Waals surface area contributed by atoms with Crippen LogP contribution in [0.1, 0.15) is 31.0 Å². The van der Waals surface area contributed by atoms with Gasteiger partial charge in [0.15, 0.2) is 0 Å². The summed E-state index contributed by atoms with van der Waals surface area (Å²) >= 11 is 0. The average Bonchev–Trinajstić information content (AvgIpc) is 2.59. The molecule has 1 saturated heterocycles. The molecule has 1 unspecified atom stereocenters. The molecule has 2 amide bonds. The van der Waals surface area contributed by atoms with Crippen LogP contribution in [0.4, 0.5) is 0 Å². The van der Waals surface area contributed by atoms with Gasteiger partial charge in [-0.25, -0.2) is 0 Å². The van der Waals surface area contributed by atoms with Gasteiger partial charge in [0.2, 0.25) is 11.8 Å². The number of nitrogens with zero attached hydrogens (tertiary/aromatic N) is 3. The highest BCUT2D eigenvalue weighted by Crippen LogP contribution is 2.20. The van der Waals surface area contributed by atoms with E-state index in [-0.39, 0.29) is 30.9 Å². The van der Waals surface area contributed by atoms with Crippen LogP contribution in [0.2, 0.25) is 0 Å². The maximum absolute atomic E-state index is 12.4. The molecule has 1 heterocycles. The summed E-state index contributed by atoms with van der Waals surface area (Å²) in [6.45, 7) is 6.28. The Labute approximate surface area is 136 Å². The topological polar surface area (TPSA) is 76.4 Å². The van der Waals surface area contributed by atoms with Crippen molar-refractivity contribution in [3.8, 4) is 6.07 Å². The van der Waals surface area contributed by atoms with E-state index in [4.69, 9.17) is 5.26 Å². The minimum Gasteiger partial charge on any atom is -0.353 e. The number of piperazine rings is 1. The van der Waals surface area contributed by atoms with Crippen LogP contribution in [0.5, 0.6) is 0 Å². The highest BCUT2D eigenvalue weighted by molar-refractivity contribution is 5.86. The van der Waals surface area contributed by atoms with Gasteiger partial charge in [0.25, 0.3) is 0 Å². The largest absolute Gasteiger partial charge is 0.353 e. The number of nitrogens with one attached hydrogen (secondary N) is 1. The maximum atomic E-state index is 12.4. The Morgan fingerprint density at radius 3 is 2.70 bits per heavy atom. The predicted octanol–water partition coefficient (Wildman–Crippen LogP) is 0.900. The highest BCUT2D eigenvalue weighted by atomic mass is 16.2. The van der Waals surface area contributed by atoms with E-state index in [1.165, 1.54) is 0 Å². The molecule has 1 aliphatic heterocycles. The van der Waals surface area contributed by atoms with Crippen molar-refractivity contribution >= 4 is 11.8 Å². The third kappa shape index (κ3) is 4.30. The zero-order chi connectivity index (χ0) is 16.8. The number of hydrogen-bond donors (Lipinski definition) is 1. The van der Waals surface area contributed by atoms with E-state index in [2.05, 4.69) is 16.3 Å². The third-order valence-corrected chi connectivity index (χ3v) is 4.21. The smallest absolute Gasteiger partial charge is 0.239 e. The lowest BCUT2D eigenvalue weighted by atomic mass is 10.0. The van der Waals surface area contributed by atoms with Crippen molar-refractivity contribution in [3.63, 3.8) is 0 Å². The van der Waals surface area contributed by atoms with Crippen LogP contribution in [-0.4, -0.2) is 54.3 Å². The fraction of sp³-hybridized carbons (Fsp3) is 0.471. The molecule has 1 aromatic rings. The average molecular weight is 314 g/mol. The number of rotatable bonds is 5. The SMILES string of the molecule is CCN(CC(=O)N1CCNC(=O)C1)C(C)c1ccc(C#N)cc1. The second kappa shape index (κ2) is 7.75. The molecule has 1 aromatic carbocycles. The van der Waals surface area contributed by atoms with Gasteiger partial charge in [-0.05, 0) is 31.2 Å². The van der Waals surface area contributed by atoms with Crippen LogP contribution in [-0.2, 0) is 9.59 Å². The molecule has 0 aromatic heterocycles. The quantitative estimate of drug-likeness (QED) is 0.876. The van der Waals surface area contributed by atoms with Crippen molar-refractivity contribution in [1.29, 1.82) is 5.26 Å². The first-order chi connectivity index (χ1) is 11.0. The maximum Gasteiger partial charge on any atom is 0.239 e. The Hall–Kier alpha value is -2.39. The third-order valence-electron chi connectivity index (χ3n) is 4.21. The number of likely N-dealkylation sites (N-methyl/N-ethyl adjacent to an activating group) is 1. The number of carbonyl (C=O) groups is 2. The van der Waals surface area contributed by atoms with E-state index in [0.717, 1.165) is 12.1 Å². The summed E-state index contributed by atoms with van der Waals surface area (Å²) < 4.78 is 0. The van der Waals surface area contributed by atoms with Gasteiger partial charge in [0.05, 0.1) is 24.7 Å². The molecule has 6 heteroatoms. The van der Waals surface area contributed by atoms with Crippen molar-refractivity contribution in [2.75, 3.05) is 32.7 Å². The van der Waals surface area contributed by atoms with Crippen LogP contribution in [0.15, 0.2) is 24.3 Å². The van der Waals surface area contributed by atoms with E-state index in [9.17, 15) is 9.59 Å². The second-order valence-electron chi connectivity index (χ2n) is 5.64. The fourth-order valence-corrected chi connectivity index (χ4v) is 2.69. The van der Waals surface area contributed by atoms with E-state index >= 15 is 0 Å². The number of carbonyl (C=O) groups excluding carboxylic acids is 2. The number of amides is 2. The van der Waals surface area contributed by atoms with Crippen LogP contribution in [0, 0.1) is 11.3 Å². The molecule has 0 radical (unpaired) electrons. The van der Waals surface area contributed by atoms with Gasteiger partial charge in [-0.1, -0.05) is 19.1 Å². The molecule has 122 valence electrons. The molecule has 1 atom stereocenters. The zero-order valence-corrected chi connectivity index (χ0v) is 13.6. The summed E-state index contributed by atoms with van der Waals surface area (Å²) in [6.07, 6.45) is 0. The van der Waals surface area contributed by atoms with Gasteiger partial charge in [-0.2, -0.15) is 5.26 Å². The molecule has 1 aliphatic rings. The molecule has 0 bridgehead atoms. The molecule has 0 saturated carbocycles. The lowest BCUT2D eigenvalue weighted by Crippen LogP contribution is -2.52. The fourth-order valence-electron chi connectivity index (χ4n) is 2.69. The summed E-state index contributed by atoms with van der Waals surface area (Å²) in [5.74, 6) is -0.130. The molecule has 0 spiro atoms. The summed E-state index contributed by atoms with van der Waals surface area (Å²) in [5.41, 5.74) is 1.69. The van der Waals surface area contributed by atoms with Gasteiger partial charge in [0.1, 0.15) is 0 Å². The molecule has 0 aliphatic carbocycles. The molecule has 6 nitrogen and oxygen atoms in total. The van der Waals surface area contributed by atoms with Gasteiger partial charge in [-0.3, -0.25) is 14.5 Å². The normalized spacial score (nSPS) is 15.9. The summed E-state index contributed by atoms with van der Waals surface area (Å²) in [5, 5.41) is 11.6. The molecule has 1 N–H and O–H groups in total. The summed E-state index contributed by atoms with van der Waals surface area (Å²) in [4.78, 5) is 27.5. The Morgan fingerprint density at radius 2 is 2.13 bits per heavy atom. The molecule has 23 heavy (non-hydrogen) atoms. The number of hydrogen-bond acceptors (Lipinski definition) is 4. The van der Waals surface area contributed by atoms with Crippen LogP contribution < -0.4 is 5.32 Å². The minimum absolute atomic E-state index is 0.0257. The van der Waals surface area contributed by atoms with E-state index in [0.29, 0.717) is 18.7 Å². The van der Waals surface area contributed by atoms with Crippen molar-refractivity contribution in [3.05, 3.63) is 35.4 Å². The van der Waals surface area contributed by atoms with Crippen molar-refractivity contribution < 1.29 is 9.59 Å². The zero-order valence-electron chi connectivity index (χ0n) is 13.6. The highest BCUT2D eigenvalue weighted by Gasteiger charge is 2.24. The van der Waals surface area contributed by atoms with Crippen molar-refractivity contribution in [2.45, 2.75) is 19.9 Å². The van der Waals surface area contributed by atoms with Gasteiger partial charge in [0, 0.05) is 19.1 Å². The lowest BCUT2D eigenvalue weighted by Gasteiger charge is -2.32. The van der Waals surface area contributed by atoms with Crippen LogP contribution >= 0.6 is 0 Å². The lowest BCUT2D eigenvalue weighted by molar-refractivity contribution is -0.139. The molecular weight excluding hydrogens is 292 g/mol. The number of nitriles is 1. The molecular formula is C17H22N4O2. The van der Waals surface area contributed by atoms with E-state index < -0.39 is 0 Å². The first-order valence-electron chi connectivity index (χ1n) is 7.83. The van der Waals surface area contributed by atoms with Crippen molar-refractivity contribution in [1.82, 2.24) is 15.1 Å². The first kappa shape index (κ1) is 17.0. The van der Waals surface area contributed by atoms with Gasteiger partial charge in [-0.15, -0.1) is 0 Å². The standard InChI is InChI=1S/C17H22N4O2/c1-3-20(12-17(23)21-9-8-19-16(22)11-21)13(2)15-6-4-14(10-18)5-7-15/h4-7,13H,3,8-9,11-12H2,1-2H3,(H,19,22). The monoisotopic (exact) mass is 314 g/mol. The van der Waals surface area contributed by atoms with E-state index in [1.807, 2.05) is 26.0 Å². The summed E-state index contributed by atoms with van der Waals surface area (Å²) in [6, 6.07) is 9.59. The molecule has 2 rings (SSSR count). The Balaban J connectivity index is 2.01. The van der Waals surface area contributed by atoms with Gasteiger partial charge >= 0.3 is 0 Å². The minimum atomic E-state index is -0.104. The summed E-state index contributed by atoms with van der Waals surface area (Å²) in [7, 11) is 0. The Morgan fingerprint density at radius 1 is 1.43 bits per heavy atom. The second-order valence-corrected chi connectivity index (χ2v) is 5.64. The van der Waals surface area contributed by atoms with Crippen molar-refractivity contribution in [2.24, 2.45) is 0 Å². The number of benzene rings is 1. The Bertz CT molecular complexity index is 606. The Kier molecular flexibility index (Phi) is 5.72. The molecule has 1 fully saturated rings. The van der Waals surface area contributed by atoms with Crippen LogP contribution in [0.25, 0.3) is 0 Å². The first-order valence-corrected chi connectivity index (χ1v) is 7.83. The predicted molar refractivity (Wildman–Crippen MR) is 86.4 cm³/mol. The van der Waals surface area contributed by atoms with Crippen LogP contribution in [0.3, 0.4) is 0 Å².